The highest BCUT2D eigenvalue weighted by molar-refractivity contribution is 5.88. The number of anilines is 5. The van der Waals surface area contributed by atoms with Crippen molar-refractivity contribution in [1.82, 2.24) is 0 Å². The van der Waals surface area contributed by atoms with Crippen LogP contribution in [0.15, 0.2) is 273 Å². The van der Waals surface area contributed by atoms with Crippen molar-refractivity contribution < 1.29 is 0 Å². The van der Waals surface area contributed by atoms with Gasteiger partial charge < -0.3 is 9.80 Å². The molecule has 10 aromatic rings. The number of fused-ring (bicyclic) bond motifs is 6. The molecule has 2 nitrogen and oxygen atoms in total. The summed E-state index contributed by atoms with van der Waals surface area (Å²) < 4.78 is 0. The first kappa shape index (κ1) is 45.2. The van der Waals surface area contributed by atoms with E-state index in [1.54, 1.807) is 0 Å². The third-order valence-corrected chi connectivity index (χ3v) is 16.4. The van der Waals surface area contributed by atoms with Crippen LogP contribution >= 0.6 is 0 Å². The van der Waals surface area contributed by atoms with Crippen molar-refractivity contribution in [3.63, 3.8) is 0 Å². The zero-order valence-electron chi connectivity index (χ0n) is 42.5. The molecule has 0 heterocycles. The Kier molecular flexibility index (Phi) is 11.0. The lowest BCUT2D eigenvalue weighted by Gasteiger charge is -2.35. The van der Waals surface area contributed by atoms with Gasteiger partial charge in [0, 0.05) is 45.5 Å². The van der Waals surface area contributed by atoms with Gasteiger partial charge in [-0.15, -0.1) is 0 Å². The molecule has 13 rings (SSSR count). The lowest BCUT2D eigenvalue weighted by atomic mass is 9.74. The van der Waals surface area contributed by atoms with Crippen LogP contribution in [0.4, 0.5) is 28.4 Å². The Morgan fingerprint density at radius 3 is 1.11 bits per heavy atom. The van der Waals surface area contributed by atoms with Gasteiger partial charge in [-0.25, -0.2) is 0 Å². The Morgan fingerprint density at radius 1 is 0.324 bits per heavy atom. The summed E-state index contributed by atoms with van der Waals surface area (Å²) in [6.07, 6.45) is 7.46. The zero-order chi connectivity index (χ0) is 50.0. The fraction of sp³-hybridized carbons (Fsp3) is 0.111. The molecule has 2 heteroatoms. The normalized spacial score (nSPS) is 16.4. The van der Waals surface area contributed by atoms with Gasteiger partial charge in [0.1, 0.15) is 0 Å². The fourth-order valence-electron chi connectivity index (χ4n) is 12.3. The first-order valence-electron chi connectivity index (χ1n) is 26.2. The van der Waals surface area contributed by atoms with E-state index in [1.165, 1.54) is 83.6 Å². The van der Waals surface area contributed by atoms with Gasteiger partial charge in [-0.1, -0.05) is 222 Å². The molecule has 356 valence electrons. The fourth-order valence-corrected chi connectivity index (χ4v) is 12.3. The van der Waals surface area contributed by atoms with E-state index in [1.807, 2.05) is 0 Å². The highest BCUT2D eigenvalue weighted by atomic mass is 15.2. The molecule has 0 N–H and O–H groups in total. The van der Waals surface area contributed by atoms with E-state index in [-0.39, 0.29) is 22.7 Å². The molecule has 0 fully saturated rings. The summed E-state index contributed by atoms with van der Waals surface area (Å²) in [4.78, 5) is 4.87. The van der Waals surface area contributed by atoms with Crippen LogP contribution in [0.2, 0.25) is 0 Å². The van der Waals surface area contributed by atoms with Crippen LogP contribution < -0.4 is 9.80 Å². The predicted molar refractivity (Wildman–Crippen MR) is 312 cm³/mol. The van der Waals surface area contributed by atoms with Crippen molar-refractivity contribution in [2.75, 3.05) is 9.80 Å². The Morgan fingerprint density at radius 2 is 0.689 bits per heavy atom. The van der Waals surface area contributed by atoms with Gasteiger partial charge in [0.2, 0.25) is 0 Å². The Labute approximate surface area is 436 Å². The van der Waals surface area contributed by atoms with E-state index in [2.05, 4.69) is 304 Å². The molecular formula is C72H58N2. The van der Waals surface area contributed by atoms with Gasteiger partial charge in [0.15, 0.2) is 0 Å². The van der Waals surface area contributed by atoms with E-state index in [9.17, 15) is 0 Å². The largest absolute Gasteiger partial charge is 0.311 e. The molecule has 0 amide bonds. The van der Waals surface area contributed by atoms with Gasteiger partial charge in [0.25, 0.3) is 0 Å². The number of hydrogen-bond acceptors (Lipinski definition) is 2. The van der Waals surface area contributed by atoms with Crippen LogP contribution in [-0.4, -0.2) is 0 Å². The zero-order valence-corrected chi connectivity index (χ0v) is 42.5. The summed E-state index contributed by atoms with van der Waals surface area (Å²) in [5.41, 5.74) is 24.6. The predicted octanol–water partition coefficient (Wildman–Crippen LogP) is 19.4. The lowest BCUT2D eigenvalue weighted by molar-refractivity contribution is 0.392. The minimum atomic E-state index is -0.216. The number of benzene rings is 10. The summed E-state index contributed by atoms with van der Waals surface area (Å²) in [5, 5.41) is 0. The molecule has 0 aromatic heterocycles. The first-order chi connectivity index (χ1) is 36.2. The van der Waals surface area contributed by atoms with Crippen LogP contribution in [0.25, 0.3) is 55.6 Å². The molecule has 0 radical (unpaired) electrons. The topological polar surface area (TPSA) is 6.48 Å². The molecule has 2 atom stereocenters. The van der Waals surface area contributed by atoms with Crippen molar-refractivity contribution >= 4 is 28.4 Å². The van der Waals surface area contributed by atoms with Gasteiger partial charge in [-0.3, -0.25) is 0 Å². The number of rotatable bonds is 10. The minimum absolute atomic E-state index is 0.119. The van der Waals surface area contributed by atoms with Crippen molar-refractivity contribution in [3.05, 3.63) is 295 Å². The number of hydrogen-bond donors (Lipinski definition) is 0. The van der Waals surface area contributed by atoms with E-state index >= 15 is 0 Å². The number of allylic oxidation sites excluding steroid dienone is 3. The quantitative estimate of drug-likeness (QED) is 0.135. The Bertz CT molecular complexity index is 3550. The highest BCUT2D eigenvalue weighted by Gasteiger charge is 2.48. The maximum absolute atomic E-state index is 2.59. The Balaban J connectivity index is 0.857. The van der Waals surface area contributed by atoms with E-state index in [0.717, 1.165) is 28.4 Å². The molecular weight excluding hydrogens is 893 g/mol. The maximum atomic E-state index is 2.59. The van der Waals surface area contributed by atoms with Gasteiger partial charge in [-0.05, 0) is 162 Å². The van der Waals surface area contributed by atoms with Crippen molar-refractivity contribution in [2.24, 2.45) is 5.92 Å². The van der Waals surface area contributed by atoms with Gasteiger partial charge in [-0.2, -0.15) is 0 Å². The van der Waals surface area contributed by atoms with Gasteiger partial charge in [0.05, 0.1) is 0 Å². The van der Waals surface area contributed by atoms with Crippen LogP contribution in [0.3, 0.4) is 0 Å². The standard InChI is InChI=1S/C72H58N2/c1-71(2)67-45-61(73(57-33-25-53(26-34-57)49-17-9-5-10-18-49)58-35-27-54(28-36-58)50-19-11-6-12-20-50)41-43-63(67)65-48-70-66(47-69(65)71)64-44-42-62(46-68(64)72(70,3)4)74(59-37-29-55(30-38-59)51-21-13-7-14-22-51)60-39-31-56(32-40-60)52-23-15-8-16-24-52/h5-48,63,67H,1-4H3. The third-order valence-electron chi connectivity index (χ3n) is 16.4. The van der Waals surface area contributed by atoms with Crippen molar-refractivity contribution in [1.29, 1.82) is 0 Å². The summed E-state index contributed by atoms with van der Waals surface area (Å²) >= 11 is 0. The molecule has 3 aliphatic rings. The third kappa shape index (κ3) is 7.81. The minimum Gasteiger partial charge on any atom is -0.311 e. The Hall–Kier alpha value is -8.72. The van der Waals surface area contributed by atoms with Crippen molar-refractivity contribution in [2.45, 2.75) is 44.4 Å². The maximum Gasteiger partial charge on any atom is 0.0465 e. The molecule has 2 unspecified atom stereocenters. The molecule has 3 aliphatic carbocycles. The molecule has 0 saturated carbocycles. The smallest absolute Gasteiger partial charge is 0.0465 e. The molecule has 74 heavy (non-hydrogen) atoms. The van der Waals surface area contributed by atoms with Crippen LogP contribution in [0.1, 0.15) is 55.9 Å². The van der Waals surface area contributed by atoms with Crippen LogP contribution in [-0.2, 0) is 10.8 Å². The van der Waals surface area contributed by atoms with E-state index in [4.69, 9.17) is 0 Å². The monoisotopic (exact) mass is 950 g/mol. The SMILES string of the molecule is CC1(C)c2cc(N(c3ccc(-c4ccccc4)cc3)c3ccc(-c4ccccc4)cc3)ccc2-c2cc3c(cc21)C1C=CC(N(c2ccc(-c4ccccc4)cc2)c2ccc(-c4ccccc4)cc2)=CC1C3(C)C. The molecule has 0 saturated heterocycles. The van der Waals surface area contributed by atoms with E-state index < -0.39 is 0 Å². The summed E-state index contributed by atoms with van der Waals surface area (Å²) in [6.45, 7) is 9.80. The molecule has 10 aromatic carbocycles. The van der Waals surface area contributed by atoms with Gasteiger partial charge >= 0.3 is 0 Å². The van der Waals surface area contributed by atoms with E-state index in [0.29, 0.717) is 0 Å². The second-order valence-electron chi connectivity index (χ2n) is 21.4. The average Bonchev–Trinajstić information content (AvgIpc) is 3.83. The molecule has 0 aliphatic heterocycles. The lowest BCUT2D eigenvalue weighted by Crippen LogP contribution is -2.28. The first-order valence-corrected chi connectivity index (χ1v) is 26.2. The summed E-state index contributed by atoms with van der Waals surface area (Å²) in [6, 6.07) is 91.2. The second kappa shape index (κ2) is 18.1. The number of nitrogens with zero attached hydrogens (tertiary/aromatic N) is 2. The summed E-state index contributed by atoms with van der Waals surface area (Å²) in [5.74, 6) is 0.537. The highest BCUT2D eigenvalue weighted by Crippen LogP contribution is 2.59. The van der Waals surface area contributed by atoms with Crippen LogP contribution in [0, 0.1) is 5.92 Å². The molecule has 0 bridgehead atoms. The second-order valence-corrected chi connectivity index (χ2v) is 21.4. The average molecular weight is 951 g/mol. The molecule has 0 spiro atoms. The van der Waals surface area contributed by atoms with Crippen molar-refractivity contribution in [3.8, 4) is 55.6 Å². The van der Waals surface area contributed by atoms with Crippen LogP contribution in [0.5, 0.6) is 0 Å². The summed E-state index contributed by atoms with van der Waals surface area (Å²) in [7, 11) is 0.